The maximum absolute atomic E-state index is 13.7. The van der Waals surface area contributed by atoms with Gasteiger partial charge in [0.2, 0.25) is 0 Å². The van der Waals surface area contributed by atoms with Gasteiger partial charge in [-0.25, -0.2) is 8.78 Å². The predicted octanol–water partition coefficient (Wildman–Crippen LogP) is 2.23. The van der Waals surface area contributed by atoms with Gasteiger partial charge in [-0.15, -0.1) is 0 Å². The highest BCUT2D eigenvalue weighted by molar-refractivity contribution is 5.21. The SMILES string of the molecule is CC1COC2(CCN(CC(O)c3cc(F)ccc3F)CC2)O1. The number of hydrogen-bond donors (Lipinski definition) is 1. The van der Waals surface area contributed by atoms with Gasteiger partial charge in [0.05, 0.1) is 18.8 Å². The Morgan fingerprint density at radius 3 is 2.73 bits per heavy atom. The molecule has 2 aliphatic heterocycles. The van der Waals surface area contributed by atoms with Gasteiger partial charge in [-0.2, -0.15) is 0 Å². The molecule has 3 rings (SSSR count). The van der Waals surface area contributed by atoms with Crippen LogP contribution in [0.25, 0.3) is 0 Å². The quantitative estimate of drug-likeness (QED) is 0.929. The Bertz CT molecular complexity index is 532. The lowest BCUT2D eigenvalue weighted by atomic mass is 10.0. The van der Waals surface area contributed by atoms with Crippen LogP contribution in [0.3, 0.4) is 0 Å². The summed E-state index contributed by atoms with van der Waals surface area (Å²) in [6, 6.07) is 3.14. The first-order chi connectivity index (χ1) is 10.5. The zero-order valence-electron chi connectivity index (χ0n) is 12.6. The molecule has 0 saturated carbocycles. The van der Waals surface area contributed by atoms with Crippen molar-refractivity contribution >= 4 is 0 Å². The lowest BCUT2D eigenvalue weighted by Gasteiger charge is -2.38. The Hall–Kier alpha value is -1.08. The second-order valence-electron chi connectivity index (χ2n) is 6.13. The van der Waals surface area contributed by atoms with Gasteiger partial charge < -0.3 is 19.5 Å². The van der Waals surface area contributed by atoms with Crippen LogP contribution in [0, 0.1) is 11.6 Å². The third-order valence-electron chi connectivity index (χ3n) is 4.36. The summed E-state index contributed by atoms with van der Waals surface area (Å²) in [5.74, 6) is -1.63. The number of benzene rings is 1. The van der Waals surface area contributed by atoms with Crippen molar-refractivity contribution in [3.05, 3.63) is 35.4 Å². The molecule has 6 heteroatoms. The predicted molar refractivity (Wildman–Crippen MR) is 76.2 cm³/mol. The molecule has 1 aromatic carbocycles. The molecule has 2 unspecified atom stereocenters. The van der Waals surface area contributed by atoms with Crippen molar-refractivity contribution in [2.75, 3.05) is 26.2 Å². The van der Waals surface area contributed by atoms with Crippen LogP contribution in [0.5, 0.6) is 0 Å². The van der Waals surface area contributed by atoms with E-state index in [0.717, 1.165) is 31.0 Å². The molecule has 122 valence electrons. The first-order valence-electron chi connectivity index (χ1n) is 7.65. The Labute approximate surface area is 128 Å². The molecule has 0 aromatic heterocycles. The van der Waals surface area contributed by atoms with E-state index in [2.05, 4.69) is 0 Å². The van der Waals surface area contributed by atoms with Crippen LogP contribution in [0.15, 0.2) is 18.2 Å². The van der Waals surface area contributed by atoms with E-state index in [1.165, 1.54) is 0 Å². The van der Waals surface area contributed by atoms with Gasteiger partial charge in [-0.05, 0) is 25.1 Å². The number of β-amino-alcohol motifs (C(OH)–C–C–N with tert-alkyl or cyclic N) is 1. The van der Waals surface area contributed by atoms with E-state index in [1.54, 1.807) is 0 Å². The van der Waals surface area contributed by atoms with Gasteiger partial charge in [0.1, 0.15) is 11.6 Å². The molecule has 1 spiro atoms. The highest BCUT2D eigenvalue weighted by Crippen LogP contribution is 2.34. The summed E-state index contributed by atoms with van der Waals surface area (Å²) in [5.41, 5.74) is 0.00211. The van der Waals surface area contributed by atoms with Crippen molar-refractivity contribution in [1.29, 1.82) is 0 Å². The second kappa shape index (κ2) is 6.20. The molecule has 4 nitrogen and oxygen atoms in total. The summed E-state index contributed by atoms with van der Waals surface area (Å²) < 4.78 is 38.5. The third kappa shape index (κ3) is 3.30. The van der Waals surface area contributed by atoms with E-state index in [-0.39, 0.29) is 18.2 Å². The monoisotopic (exact) mass is 313 g/mol. The topological polar surface area (TPSA) is 41.9 Å². The van der Waals surface area contributed by atoms with Crippen molar-refractivity contribution < 1.29 is 23.4 Å². The summed E-state index contributed by atoms with van der Waals surface area (Å²) >= 11 is 0. The number of nitrogens with zero attached hydrogens (tertiary/aromatic N) is 1. The van der Waals surface area contributed by atoms with Gasteiger partial charge in [0.15, 0.2) is 5.79 Å². The molecule has 22 heavy (non-hydrogen) atoms. The van der Waals surface area contributed by atoms with E-state index < -0.39 is 23.5 Å². The number of piperidine rings is 1. The van der Waals surface area contributed by atoms with Crippen LogP contribution in [0.2, 0.25) is 0 Å². The lowest BCUT2D eigenvalue weighted by molar-refractivity contribution is -0.194. The molecule has 2 atom stereocenters. The van der Waals surface area contributed by atoms with Crippen LogP contribution >= 0.6 is 0 Å². The first-order valence-corrected chi connectivity index (χ1v) is 7.65. The molecule has 2 saturated heterocycles. The van der Waals surface area contributed by atoms with Gasteiger partial charge in [0.25, 0.3) is 0 Å². The highest BCUT2D eigenvalue weighted by Gasteiger charge is 2.42. The number of aliphatic hydroxyl groups is 1. The van der Waals surface area contributed by atoms with Crippen molar-refractivity contribution in [3.8, 4) is 0 Å². The molecule has 2 fully saturated rings. The Morgan fingerprint density at radius 2 is 2.09 bits per heavy atom. The molecule has 2 aliphatic rings. The fraction of sp³-hybridized carbons (Fsp3) is 0.625. The van der Waals surface area contributed by atoms with E-state index >= 15 is 0 Å². The molecule has 1 aromatic rings. The standard InChI is InChI=1S/C16H21F2NO3/c1-11-10-21-16(22-11)4-6-19(7-5-16)9-15(20)13-8-12(17)2-3-14(13)18/h2-3,8,11,15,20H,4-7,9-10H2,1H3. The van der Waals surface area contributed by atoms with E-state index in [1.807, 2.05) is 11.8 Å². The smallest absolute Gasteiger partial charge is 0.171 e. The second-order valence-corrected chi connectivity index (χ2v) is 6.13. The molecule has 0 aliphatic carbocycles. The van der Waals surface area contributed by atoms with E-state index in [0.29, 0.717) is 19.7 Å². The minimum Gasteiger partial charge on any atom is -0.387 e. The molecule has 2 heterocycles. The molecular weight excluding hydrogens is 292 g/mol. The molecule has 1 N–H and O–H groups in total. The number of likely N-dealkylation sites (tertiary alicyclic amines) is 1. The fourth-order valence-corrected chi connectivity index (χ4v) is 3.16. The van der Waals surface area contributed by atoms with Crippen LogP contribution < -0.4 is 0 Å². The van der Waals surface area contributed by atoms with Crippen LogP contribution in [-0.4, -0.2) is 48.1 Å². The van der Waals surface area contributed by atoms with Gasteiger partial charge >= 0.3 is 0 Å². The van der Waals surface area contributed by atoms with E-state index in [9.17, 15) is 13.9 Å². The molecule has 0 radical (unpaired) electrons. The van der Waals surface area contributed by atoms with Crippen molar-refractivity contribution in [3.63, 3.8) is 0 Å². The number of hydrogen-bond acceptors (Lipinski definition) is 4. The van der Waals surface area contributed by atoms with Crippen molar-refractivity contribution in [2.24, 2.45) is 0 Å². The first kappa shape index (κ1) is 15.8. The zero-order valence-corrected chi connectivity index (χ0v) is 12.6. The minimum absolute atomic E-state index is 0.00211. The van der Waals surface area contributed by atoms with Crippen molar-refractivity contribution in [1.82, 2.24) is 4.90 Å². The minimum atomic E-state index is -1.05. The number of halogens is 2. The number of ether oxygens (including phenoxy) is 2. The van der Waals surface area contributed by atoms with Crippen molar-refractivity contribution in [2.45, 2.75) is 37.8 Å². The maximum atomic E-state index is 13.7. The number of rotatable bonds is 3. The van der Waals surface area contributed by atoms with E-state index in [4.69, 9.17) is 9.47 Å². The van der Waals surface area contributed by atoms with Gasteiger partial charge in [0, 0.05) is 38.0 Å². The lowest BCUT2D eigenvalue weighted by Crippen LogP contribution is -2.46. The van der Waals surface area contributed by atoms with Gasteiger partial charge in [-0.1, -0.05) is 0 Å². The fourth-order valence-electron chi connectivity index (χ4n) is 3.16. The van der Waals surface area contributed by atoms with Crippen LogP contribution in [-0.2, 0) is 9.47 Å². The average molecular weight is 313 g/mol. The largest absolute Gasteiger partial charge is 0.387 e. The number of aliphatic hydroxyl groups excluding tert-OH is 1. The summed E-state index contributed by atoms with van der Waals surface area (Å²) in [6.07, 6.45) is 0.499. The average Bonchev–Trinajstić information content (AvgIpc) is 2.85. The summed E-state index contributed by atoms with van der Waals surface area (Å²) in [4.78, 5) is 2.02. The normalized spacial score (nSPS) is 26.5. The summed E-state index contributed by atoms with van der Waals surface area (Å²) in [6.45, 7) is 4.25. The molecule has 0 amide bonds. The Morgan fingerprint density at radius 1 is 1.36 bits per heavy atom. The highest BCUT2D eigenvalue weighted by atomic mass is 19.1. The maximum Gasteiger partial charge on any atom is 0.171 e. The Balaban J connectivity index is 1.57. The zero-order chi connectivity index (χ0) is 15.7. The molecular formula is C16H21F2NO3. The van der Waals surface area contributed by atoms with Gasteiger partial charge in [-0.3, -0.25) is 0 Å². The third-order valence-corrected chi connectivity index (χ3v) is 4.36. The van der Waals surface area contributed by atoms with Crippen LogP contribution in [0.4, 0.5) is 8.78 Å². The summed E-state index contributed by atoms with van der Waals surface area (Å²) in [5, 5.41) is 10.2. The summed E-state index contributed by atoms with van der Waals surface area (Å²) in [7, 11) is 0. The molecule has 0 bridgehead atoms. The van der Waals surface area contributed by atoms with Crippen LogP contribution in [0.1, 0.15) is 31.4 Å². The Kier molecular flexibility index (Phi) is 4.45.